The van der Waals surface area contributed by atoms with Crippen LogP contribution in [0.5, 0.6) is 0 Å². The summed E-state index contributed by atoms with van der Waals surface area (Å²) in [5, 5.41) is 0. The van der Waals surface area contributed by atoms with Crippen molar-refractivity contribution in [2.24, 2.45) is 10.8 Å². The summed E-state index contributed by atoms with van der Waals surface area (Å²) in [6, 6.07) is 0. The summed E-state index contributed by atoms with van der Waals surface area (Å²) < 4.78 is 11.9. The molecule has 0 aliphatic carbocycles. The molecule has 0 heterocycles. The van der Waals surface area contributed by atoms with Crippen LogP contribution in [0.1, 0.15) is 266 Å². The molecule has 304 valence electrons. The van der Waals surface area contributed by atoms with Gasteiger partial charge in [-0.3, -0.25) is 9.59 Å². The zero-order chi connectivity index (χ0) is 37.7. The highest BCUT2D eigenvalue weighted by Crippen LogP contribution is 2.55. The molecule has 0 saturated heterocycles. The number of rotatable bonds is 40. The molecule has 0 radical (unpaired) electrons. The fourth-order valence-corrected chi connectivity index (χ4v) is 8.71. The summed E-state index contributed by atoms with van der Waals surface area (Å²) in [7, 11) is 1.57. The van der Waals surface area contributed by atoms with Gasteiger partial charge in [0.2, 0.25) is 0 Å². The highest BCUT2D eigenvalue weighted by Gasteiger charge is 2.60. The molecule has 0 bridgehead atoms. The number of unbranched alkanes of at least 4 members (excludes halogenated alkanes) is 28. The quantitative estimate of drug-likeness (QED) is 0.0467. The summed E-state index contributed by atoms with van der Waals surface area (Å²) in [6.07, 6.45) is 42.2. The van der Waals surface area contributed by atoms with Gasteiger partial charge < -0.3 is 9.47 Å². The van der Waals surface area contributed by atoms with E-state index in [0.717, 1.165) is 77.0 Å². The number of esters is 2. The highest BCUT2D eigenvalue weighted by molar-refractivity contribution is 5.88. The summed E-state index contributed by atoms with van der Waals surface area (Å²) in [5.41, 5.74) is -1.64. The van der Waals surface area contributed by atoms with E-state index < -0.39 is 10.8 Å². The smallest absolute Gasteiger partial charge is 0.313 e. The van der Waals surface area contributed by atoms with Crippen LogP contribution in [0.15, 0.2) is 0 Å². The molecule has 0 amide bonds. The van der Waals surface area contributed by atoms with Crippen molar-refractivity contribution < 1.29 is 19.1 Å². The lowest BCUT2D eigenvalue weighted by molar-refractivity contribution is -0.185. The Kier molecular flexibility index (Phi) is 35.2. The van der Waals surface area contributed by atoms with Crippen molar-refractivity contribution in [2.75, 3.05) is 13.7 Å². The molecule has 4 nitrogen and oxygen atoms in total. The molecule has 0 aliphatic heterocycles. The lowest BCUT2D eigenvalue weighted by atomic mass is 9.54. The minimum Gasteiger partial charge on any atom is -0.469 e. The first-order chi connectivity index (χ1) is 25.0. The molecule has 0 saturated carbocycles. The normalized spacial score (nSPS) is 12.0. The molecular formula is C47H92O4. The van der Waals surface area contributed by atoms with Crippen LogP contribution in [0.25, 0.3) is 0 Å². The van der Waals surface area contributed by atoms with Gasteiger partial charge in [-0.2, -0.15) is 0 Å². The number of methoxy groups -OCH3 is 1. The zero-order valence-electron chi connectivity index (χ0n) is 35.8. The van der Waals surface area contributed by atoms with Gasteiger partial charge in [-0.25, -0.2) is 0 Å². The first kappa shape index (κ1) is 49.9. The van der Waals surface area contributed by atoms with Gasteiger partial charge in [0.1, 0.15) is 0 Å². The fourth-order valence-electron chi connectivity index (χ4n) is 8.71. The maximum atomic E-state index is 14.6. The van der Waals surface area contributed by atoms with E-state index in [0.29, 0.717) is 6.61 Å². The third-order valence-corrected chi connectivity index (χ3v) is 12.0. The maximum Gasteiger partial charge on any atom is 0.313 e. The molecule has 0 aromatic carbocycles. The highest BCUT2D eigenvalue weighted by atomic mass is 16.5. The van der Waals surface area contributed by atoms with Crippen LogP contribution in [0.2, 0.25) is 0 Å². The second kappa shape index (κ2) is 35.9. The van der Waals surface area contributed by atoms with Crippen molar-refractivity contribution in [1.29, 1.82) is 0 Å². The van der Waals surface area contributed by atoms with E-state index in [1.807, 2.05) is 6.92 Å². The molecule has 0 N–H and O–H groups in total. The SMILES string of the molecule is CCCCCCCCCCC(CCCCCCCCCC)(C(=O)OC)C(CCCCCCCCCC)(CCCCCCCCCC)C(=O)OCC. The molecule has 4 heteroatoms. The third-order valence-electron chi connectivity index (χ3n) is 12.0. The van der Waals surface area contributed by atoms with Gasteiger partial charge in [0.05, 0.1) is 24.5 Å². The lowest BCUT2D eigenvalue weighted by Crippen LogP contribution is -2.54. The number of hydrogen-bond donors (Lipinski definition) is 0. The Morgan fingerprint density at radius 1 is 0.333 bits per heavy atom. The number of ether oxygens (including phenoxy) is 2. The van der Waals surface area contributed by atoms with Gasteiger partial charge in [-0.1, -0.05) is 233 Å². The Hall–Kier alpha value is -1.06. The Morgan fingerprint density at radius 3 is 0.765 bits per heavy atom. The largest absolute Gasteiger partial charge is 0.469 e. The van der Waals surface area contributed by atoms with Crippen LogP contribution in [0.3, 0.4) is 0 Å². The Balaban J connectivity index is 6.33. The summed E-state index contributed by atoms with van der Waals surface area (Å²) in [4.78, 5) is 29.2. The minimum atomic E-state index is -0.819. The summed E-state index contributed by atoms with van der Waals surface area (Å²) >= 11 is 0. The lowest BCUT2D eigenvalue weighted by Gasteiger charge is -2.48. The fraction of sp³-hybridized carbons (Fsp3) is 0.957. The first-order valence-electron chi connectivity index (χ1n) is 23.2. The van der Waals surface area contributed by atoms with Crippen LogP contribution in [0, 0.1) is 10.8 Å². The van der Waals surface area contributed by atoms with Crippen LogP contribution < -0.4 is 0 Å². The molecule has 0 atom stereocenters. The Morgan fingerprint density at radius 2 is 0.549 bits per heavy atom. The summed E-state index contributed by atoms with van der Waals surface area (Å²) in [6.45, 7) is 11.4. The molecule has 0 aliphatic rings. The van der Waals surface area contributed by atoms with E-state index in [-0.39, 0.29) is 11.9 Å². The number of carbonyl (C=O) groups excluding carboxylic acids is 2. The van der Waals surface area contributed by atoms with Crippen LogP contribution in [-0.2, 0) is 19.1 Å². The van der Waals surface area contributed by atoms with Crippen molar-refractivity contribution in [3.8, 4) is 0 Å². The maximum absolute atomic E-state index is 14.6. The second-order valence-electron chi connectivity index (χ2n) is 16.3. The molecule has 0 aromatic heterocycles. The number of hydrogen-bond acceptors (Lipinski definition) is 4. The van der Waals surface area contributed by atoms with Gasteiger partial charge in [-0.05, 0) is 32.6 Å². The predicted octanol–water partition coefficient (Wildman–Crippen LogP) is 15.8. The Bertz CT molecular complexity index is 721. The molecule has 0 rings (SSSR count). The molecule has 0 fully saturated rings. The van der Waals surface area contributed by atoms with Gasteiger partial charge in [0.25, 0.3) is 0 Å². The molecular weight excluding hydrogens is 629 g/mol. The van der Waals surface area contributed by atoms with E-state index in [4.69, 9.17) is 9.47 Å². The van der Waals surface area contributed by atoms with E-state index >= 15 is 0 Å². The molecule has 0 spiro atoms. The van der Waals surface area contributed by atoms with Gasteiger partial charge in [0, 0.05) is 0 Å². The van der Waals surface area contributed by atoms with E-state index in [9.17, 15) is 9.59 Å². The van der Waals surface area contributed by atoms with Crippen molar-refractivity contribution >= 4 is 11.9 Å². The molecule has 0 aromatic rings. The molecule has 0 unspecified atom stereocenters. The van der Waals surface area contributed by atoms with Crippen LogP contribution in [0.4, 0.5) is 0 Å². The molecule has 51 heavy (non-hydrogen) atoms. The van der Waals surface area contributed by atoms with Crippen molar-refractivity contribution in [3.63, 3.8) is 0 Å². The average molecular weight is 721 g/mol. The topological polar surface area (TPSA) is 52.6 Å². The minimum absolute atomic E-state index is 0.111. The average Bonchev–Trinajstić information content (AvgIpc) is 3.14. The standard InChI is InChI=1S/C47H92O4/c1-7-12-16-20-24-28-32-36-40-46(44(48)50-6,41-37-33-29-25-21-17-13-8-2)47(45(49)51-11-5,42-38-34-30-26-22-18-14-9-3)43-39-35-31-27-23-19-15-10-4/h7-43H2,1-6H3. The van der Waals surface area contributed by atoms with E-state index in [1.165, 1.54) is 154 Å². The Labute approximate surface area is 320 Å². The second-order valence-corrected chi connectivity index (χ2v) is 16.3. The van der Waals surface area contributed by atoms with Crippen molar-refractivity contribution in [1.82, 2.24) is 0 Å². The zero-order valence-corrected chi connectivity index (χ0v) is 35.8. The van der Waals surface area contributed by atoms with Gasteiger partial charge >= 0.3 is 11.9 Å². The predicted molar refractivity (Wildman–Crippen MR) is 222 cm³/mol. The van der Waals surface area contributed by atoms with E-state index in [2.05, 4.69) is 27.7 Å². The summed E-state index contributed by atoms with van der Waals surface area (Å²) in [5.74, 6) is -0.249. The van der Waals surface area contributed by atoms with Crippen LogP contribution in [-0.4, -0.2) is 25.7 Å². The van der Waals surface area contributed by atoms with Crippen molar-refractivity contribution in [3.05, 3.63) is 0 Å². The van der Waals surface area contributed by atoms with Gasteiger partial charge in [0.15, 0.2) is 0 Å². The first-order valence-corrected chi connectivity index (χ1v) is 23.2. The van der Waals surface area contributed by atoms with E-state index in [1.54, 1.807) is 7.11 Å². The van der Waals surface area contributed by atoms with Crippen molar-refractivity contribution in [2.45, 2.75) is 266 Å². The third kappa shape index (κ3) is 22.7. The van der Waals surface area contributed by atoms with Gasteiger partial charge in [-0.15, -0.1) is 0 Å². The monoisotopic (exact) mass is 721 g/mol. The number of carbonyl (C=O) groups is 2. The van der Waals surface area contributed by atoms with Crippen LogP contribution >= 0.6 is 0 Å².